The molecule has 2 aromatic rings. The van der Waals surface area contributed by atoms with E-state index in [1.165, 1.54) is 0 Å². The molecule has 0 aliphatic rings. The van der Waals surface area contributed by atoms with Crippen LogP contribution in [0.4, 0.5) is 5.69 Å². The molecule has 0 heterocycles. The summed E-state index contributed by atoms with van der Waals surface area (Å²) in [6, 6.07) is 10.3. The quantitative estimate of drug-likeness (QED) is 0.496. The predicted octanol–water partition coefficient (Wildman–Crippen LogP) is 1.44. The first-order chi connectivity index (χ1) is 7.16. The Labute approximate surface area is 114 Å². The molecule has 1 unspecified atom stereocenters. The van der Waals surface area contributed by atoms with Gasteiger partial charge in [0.1, 0.15) is 17.1 Å². The number of benzene rings is 2. The first-order valence-electron chi connectivity index (χ1n) is 4.22. The minimum absolute atomic E-state index is 0. The van der Waals surface area contributed by atoms with E-state index in [4.69, 9.17) is 5.73 Å². The first kappa shape index (κ1) is 13.2. The van der Waals surface area contributed by atoms with Crippen molar-refractivity contribution in [2.45, 2.75) is 0 Å². The fraction of sp³-hybridized carbons (Fsp3) is 0. The van der Waals surface area contributed by atoms with Crippen molar-refractivity contribution >= 4 is 50.9 Å². The third kappa shape index (κ3) is 2.85. The molecule has 1 atom stereocenters. The van der Waals surface area contributed by atoms with Crippen LogP contribution in [0.1, 0.15) is 2.85 Å². The van der Waals surface area contributed by atoms with Crippen molar-refractivity contribution in [2.75, 3.05) is 5.73 Å². The van der Waals surface area contributed by atoms with Gasteiger partial charge in [0, 0.05) is 11.1 Å². The van der Waals surface area contributed by atoms with Crippen LogP contribution < -0.4 is 9.92 Å². The molecule has 0 aromatic heterocycles. The van der Waals surface area contributed by atoms with Crippen LogP contribution in [0.25, 0.3) is 10.8 Å². The normalized spacial score (nSPS) is 11.8. The van der Waals surface area contributed by atoms with E-state index in [2.05, 4.69) is 4.18 Å². The van der Waals surface area contributed by atoms with Gasteiger partial charge in [-0.05, 0) is 29.7 Å². The number of hydrogen-bond donors (Lipinski definition) is 1. The third-order valence-electron chi connectivity index (χ3n) is 2.05. The molecule has 4 nitrogen and oxygen atoms in total. The summed E-state index contributed by atoms with van der Waals surface area (Å²) in [6.45, 7) is 0. The Morgan fingerprint density at radius 3 is 2.75 bits per heavy atom. The molecule has 0 amide bonds. The molecule has 0 spiro atoms. The maximum absolute atomic E-state index is 10.3. The van der Waals surface area contributed by atoms with Gasteiger partial charge in [0.15, 0.2) is 0 Å². The van der Waals surface area contributed by atoms with Crippen LogP contribution >= 0.6 is 0 Å². The van der Waals surface area contributed by atoms with E-state index in [1.807, 2.05) is 6.07 Å². The molecule has 0 saturated heterocycles. The minimum atomic E-state index is -2.55. The summed E-state index contributed by atoms with van der Waals surface area (Å²) in [4.78, 5) is 0. The van der Waals surface area contributed by atoms with Gasteiger partial charge in [-0.3, -0.25) is 0 Å². The van der Waals surface area contributed by atoms with E-state index in [0.29, 0.717) is 5.69 Å². The molecule has 0 bridgehead atoms. The molecular formula is C10H10MgNO3S-. The summed E-state index contributed by atoms with van der Waals surface area (Å²) < 4.78 is 25.2. The summed E-state index contributed by atoms with van der Waals surface area (Å²) in [5.74, 6) is 0.279. The maximum atomic E-state index is 10.3. The Morgan fingerprint density at radius 1 is 1.31 bits per heavy atom. The number of nitrogen functional groups attached to an aromatic ring is 1. The molecule has 2 rings (SSSR count). The van der Waals surface area contributed by atoms with Crippen molar-refractivity contribution < 1.29 is 15.8 Å². The molecule has 0 aliphatic heterocycles. The fourth-order valence-electron chi connectivity index (χ4n) is 1.42. The molecule has 16 heavy (non-hydrogen) atoms. The molecule has 0 saturated carbocycles. The zero-order chi connectivity index (χ0) is 10.8. The molecule has 0 radical (unpaired) electrons. The Kier molecular flexibility index (Phi) is 4.54. The Morgan fingerprint density at radius 2 is 2.06 bits per heavy atom. The SMILES string of the molecule is Nc1cccc2cc(OS(=O)[O-])ccc12.[H-].[H-].[Mg+2]. The van der Waals surface area contributed by atoms with Gasteiger partial charge >= 0.3 is 23.1 Å². The van der Waals surface area contributed by atoms with Crippen LogP contribution in [0.3, 0.4) is 0 Å². The Hall–Kier alpha value is -0.824. The molecule has 6 heteroatoms. The molecule has 2 N–H and O–H groups in total. The molecule has 2 aromatic carbocycles. The molecule has 82 valence electrons. The van der Waals surface area contributed by atoms with Crippen LogP contribution in [0, 0.1) is 0 Å². The van der Waals surface area contributed by atoms with Crippen molar-refractivity contribution in [3.63, 3.8) is 0 Å². The second-order valence-electron chi connectivity index (χ2n) is 3.02. The third-order valence-corrected chi connectivity index (χ3v) is 2.38. The summed E-state index contributed by atoms with van der Waals surface area (Å²) in [5.41, 5.74) is 6.40. The van der Waals surface area contributed by atoms with E-state index >= 15 is 0 Å². The van der Waals surface area contributed by atoms with Gasteiger partial charge in [-0.2, -0.15) is 0 Å². The average Bonchev–Trinajstić information content (AvgIpc) is 2.17. The standard InChI is InChI=1S/C10H9NO3S.Mg.2H/c11-10-3-1-2-7-6-8(14-15(12)13)4-5-9(7)10;;;/h1-6H,11H2,(H,12,13);;;/q;+2;2*-1/p-1. The fourth-order valence-corrected chi connectivity index (χ4v) is 1.68. The average molecular weight is 249 g/mol. The van der Waals surface area contributed by atoms with Gasteiger partial charge < -0.3 is 17.3 Å². The largest absolute Gasteiger partial charge is 2.00 e. The van der Waals surface area contributed by atoms with Crippen LogP contribution in [0.15, 0.2) is 36.4 Å². The van der Waals surface area contributed by atoms with Gasteiger partial charge in [-0.25, -0.2) is 4.21 Å². The van der Waals surface area contributed by atoms with E-state index in [-0.39, 0.29) is 31.7 Å². The van der Waals surface area contributed by atoms with Gasteiger partial charge in [0.2, 0.25) is 0 Å². The topological polar surface area (TPSA) is 75.4 Å². The molecule has 0 aliphatic carbocycles. The van der Waals surface area contributed by atoms with E-state index < -0.39 is 11.4 Å². The van der Waals surface area contributed by atoms with E-state index in [0.717, 1.165) is 10.8 Å². The second kappa shape index (κ2) is 5.49. The number of rotatable bonds is 2. The van der Waals surface area contributed by atoms with Gasteiger partial charge in [0.25, 0.3) is 0 Å². The summed E-state index contributed by atoms with van der Waals surface area (Å²) in [5, 5.41) is 1.72. The van der Waals surface area contributed by atoms with Crippen LogP contribution in [-0.2, 0) is 11.4 Å². The molecule has 0 fully saturated rings. The summed E-state index contributed by atoms with van der Waals surface area (Å²) in [7, 11) is 0. The second-order valence-corrected chi connectivity index (χ2v) is 3.59. The Balaban J connectivity index is 0. The Bertz CT molecular complexity index is 542. The number of anilines is 1. The zero-order valence-corrected chi connectivity index (χ0v) is 10.6. The summed E-state index contributed by atoms with van der Waals surface area (Å²) in [6.07, 6.45) is 0. The van der Waals surface area contributed by atoms with Crippen molar-refractivity contribution in [2.24, 2.45) is 0 Å². The zero-order valence-electron chi connectivity index (χ0n) is 10.4. The van der Waals surface area contributed by atoms with E-state index in [1.54, 1.807) is 30.3 Å². The number of hydrogen-bond acceptors (Lipinski definition) is 4. The number of fused-ring (bicyclic) bond motifs is 1. The van der Waals surface area contributed by atoms with Crippen molar-refractivity contribution in [3.8, 4) is 5.75 Å². The van der Waals surface area contributed by atoms with Gasteiger partial charge in [-0.15, -0.1) is 0 Å². The van der Waals surface area contributed by atoms with Gasteiger partial charge in [-0.1, -0.05) is 12.1 Å². The van der Waals surface area contributed by atoms with Crippen molar-refractivity contribution in [3.05, 3.63) is 36.4 Å². The maximum Gasteiger partial charge on any atom is 2.00 e. The monoisotopic (exact) mass is 248 g/mol. The van der Waals surface area contributed by atoms with E-state index in [9.17, 15) is 8.76 Å². The first-order valence-corrected chi connectivity index (χ1v) is 5.22. The molecular weight excluding hydrogens is 238 g/mol. The van der Waals surface area contributed by atoms with Crippen LogP contribution in [-0.4, -0.2) is 31.8 Å². The van der Waals surface area contributed by atoms with Gasteiger partial charge in [0.05, 0.1) is 0 Å². The summed E-state index contributed by atoms with van der Waals surface area (Å²) >= 11 is -2.55. The van der Waals surface area contributed by atoms with Crippen molar-refractivity contribution in [1.29, 1.82) is 0 Å². The van der Waals surface area contributed by atoms with Crippen LogP contribution in [0.2, 0.25) is 0 Å². The predicted molar refractivity (Wildman–Crippen MR) is 65.9 cm³/mol. The van der Waals surface area contributed by atoms with Crippen molar-refractivity contribution in [1.82, 2.24) is 0 Å². The minimum Gasteiger partial charge on any atom is -1.00 e. The smallest absolute Gasteiger partial charge is 1.00 e. The van der Waals surface area contributed by atoms with Crippen LogP contribution in [0.5, 0.6) is 5.75 Å². The number of nitrogens with two attached hydrogens (primary N) is 1.